The van der Waals surface area contributed by atoms with Crippen LogP contribution in [0.4, 0.5) is 10.1 Å². The molecule has 3 rings (SSSR count). The number of unbranched alkanes of at least 4 members (excludes halogenated alkanes) is 3. The summed E-state index contributed by atoms with van der Waals surface area (Å²) in [5.41, 5.74) is 3.94. The fourth-order valence-electron chi connectivity index (χ4n) is 3.07. The molecule has 2 aromatic rings. The van der Waals surface area contributed by atoms with Crippen molar-refractivity contribution >= 4 is 23.2 Å². The van der Waals surface area contributed by atoms with Gasteiger partial charge in [-0.25, -0.2) is 9.82 Å². The summed E-state index contributed by atoms with van der Waals surface area (Å²) >= 11 is 0. The third-order valence-corrected chi connectivity index (χ3v) is 4.49. The van der Waals surface area contributed by atoms with Crippen molar-refractivity contribution in [2.24, 2.45) is 5.10 Å². The zero-order valence-corrected chi connectivity index (χ0v) is 15.2. The average molecular weight is 367 g/mol. The Labute approximate surface area is 157 Å². The minimum atomic E-state index is -0.448. The second-order valence-corrected chi connectivity index (χ2v) is 6.45. The number of fused-ring (bicyclic) bond motifs is 1. The maximum Gasteiger partial charge on any atom is 0.279 e. The molecule has 0 atom stereocenters. The number of nitrogens with zero attached hydrogens (tertiary/aromatic N) is 2. The molecule has 1 aliphatic heterocycles. The molecule has 0 fully saturated rings. The number of amides is 2. The van der Waals surface area contributed by atoms with Crippen LogP contribution in [-0.4, -0.2) is 24.1 Å². The standard InChI is InChI=1S/C21H22FN3O2/c1-2-3-4-8-13-25-18-12-11-16(22)14-17(18)19(21(25)27)23-24-20(26)15-9-6-5-7-10-15/h5-7,9-12,14H,2-4,8,13H2,1H3,(H,24,26)/b23-19-. The molecule has 0 aromatic heterocycles. The molecule has 2 aromatic carbocycles. The van der Waals surface area contributed by atoms with Crippen LogP contribution in [0, 0.1) is 5.82 Å². The number of hydrazone groups is 1. The van der Waals surface area contributed by atoms with Crippen LogP contribution in [0.2, 0.25) is 0 Å². The minimum Gasteiger partial charge on any atom is -0.306 e. The molecule has 1 N–H and O–H groups in total. The monoisotopic (exact) mass is 367 g/mol. The summed E-state index contributed by atoms with van der Waals surface area (Å²) in [4.78, 5) is 26.6. The largest absolute Gasteiger partial charge is 0.306 e. The molecular weight excluding hydrogens is 345 g/mol. The van der Waals surface area contributed by atoms with Gasteiger partial charge in [0.05, 0.1) is 5.69 Å². The first-order valence-corrected chi connectivity index (χ1v) is 9.16. The highest BCUT2D eigenvalue weighted by Gasteiger charge is 2.34. The Kier molecular flexibility index (Phi) is 5.96. The van der Waals surface area contributed by atoms with Gasteiger partial charge < -0.3 is 4.90 Å². The summed E-state index contributed by atoms with van der Waals surface area (Å²) in [6, 6.07) is 12.8. The van der Waals surface area contributed by atoms with Crippen molar-refractivity contribution in [3.05, 3.63) is 65.5 Å². The van der Waals surface area contributed by atoms with Crippen LogP contribution < -0.4 is 10.3 Å². The van der Waals surface area contributed by atoms with E-state index >= 15 is 0 Å². The highest BCUT2D eigenvalue weighted by molar-refractivity contribution is 6.54. The van der Waals surface area contributed by atoms with Crippen molar-refractivity contribution in [3.8, 4) is 0 Å². The zero-order valence-electron chi connectivity index (χ0n) is 15.2. The molecule has 0 saturated carbocycles. The van der Waals surface area contributed by atoms with E-state index in [0.717, 1.165) is 25.7 Å². The van der Waals surface area contributed by atoms with Crippen LogP contribution in [0.3, 0.4) is 0 Å². The van der Waals surface area contributed by atoms with Crippen LogP contribution in [0.15, 0.2) is 53.6 Å². The molecule has 2 amide bonds. The lowest BCUT2D eigenvalue weighted by Gasteiger charge is -2.16. The van der Waals surface area contributed by atoms with E-state index in [1.165, 1.54) is 12.1 Å². The Morgan fingerprint density at radius 1 is 1.11 bits per heavy atom. The van der Waals surface area contributed by atoms with E-state index in [1.807, 2.05) is 0 Å². The smallest absolute Gasteiger partial charge is 0.279 e. The lowest BCUT2D eigenvalue weighted by molar-refractivity contribution is -0.112. The number of rotatable bonds is 7. The summed E-state index contributed by atoms with van der Waals surface area (Å²) in [5.74, 6) is -1.19. The van der Waals surface area contributed by atoms with Gasteiger partial charge in [0, 0.05) is 17.7 Å². The predicted octanol–water partition coefficient (Wildman–Crippen LogP) is 3.89. The van der Waals surface area contributed by atoms with Gasteiger partial charge in [0.1, 0.15) is 5.82 Å². The fourth-order valence-corrected chi connectivity index (χ4v) is 3.07. The van der Waals surface area contributed by atoms with Crippen molar-refractivity contribution in [1.82, 2.24) is 5.43 Å². The van der Waals surface area contributed by atoms with Crippen molar-refractivity contribution in [2.45, 2.75) is 32.6 Å². The molecule has 0 spiro atoms. The highest BCUT2D eigenvalue weighted by atomic mass is 19.1. The maximum absolute atomic E-state index is 13.7. The highest BCUT2D eigenvalue weighted by Crippen LogP contribution is 2.30. The molecule has 5 nitrogen and oxygen atoms in total. The van der Waals surface area contributed by atoms with Gasteiger partial charge in [-0.1, -0.05) is 44.4 Å². The summed E-state index contributed by atoms with van der Waals surface area (Å²) in [6.45, 7) is 2.67. The number of carbonyl (C=O) groups is 2. The number of nitrogens with one attached hydrogen (secondary N) is 1. The van der Waals surface area contributed by atoms with E-state index in [-0.39, 0.29) is 11.6 Å². The molecule has 6 heteroatoms. The Morgan fingerprint density at radius 2 is 1.89 bits per heavy atom. The Hall–Kier alpha value is -3.02. The molecule has 0 saturated heterocycles. The van der Waals surface area contributed by atoms with Crippen LogP contribution in [0.5, 0.6) is 0 Å². The summed E-state index contributed by atoms with van der Waals surface area (Å²) in [6.07, 6.45) is 4.09. The van der Waals surface area contributed by atoms with E-state index in [9.17, 15) is 14.0 Å². The normalized spacial score (nSPS) is 14.5. The summed E-state index contributed by atoms with van der Waals surface area (Å²) in [5, 5.41) is 4.02. The van der Waals surface area contributed by atoms with Crippen LogP contribution in [-0.2, 0) is 4.79 Å². The van der Waals surface area contributed by atoms with Gasteiger partial charge in [-0.15, -0.1) is 0 Å². The number of halogens is 1. The second kappa shape index (κ2) is 8.58. The zero-order chi connectivity index (χ0) is 19.2. The van der Waals surface area contributed by atoms with Crippen molar-refractivity contribution in [3.63, 3.8) is 0 Å². The van der Waals surface area contributed by atoms with Gasteiger partial charge in [-0.2, -0.15) is 5.10 Å². The third kappa shape index (κ3) is 4.22. The predicted molar refractivity (Wildman–Crippen MR) is 103 cm³/mol. The van der Waals surface area contributed by atoms with Crippen molar-refractivity contribution in [2.75, 3.05) is 11.4 Å². The minimum absolute atomic E-state index is 0.0595. The molecule has 0 unspecified atom stereocenters. The van der Waals surface area contributed by atoms with Gasteiger partial charge in [-0.3, -0.25) is 9.59 Å². The Balaban J connectivity index is 1.81. The third-order valence-electron chi connectivity index (χ3n) is 4.49. The Bertz CT molecular complexity index is 865. The topological polar surface area (TPSA) is 61.8 Å². The number of anilines is 1. The molecule has 1 aliphatic rings. The van der Waals surface area contributed by atoms with Gasteiger partial charge in [0.2, 0.25) is 0 Å². The molecule has 1 heterocycles. The van der Waals surface area contributed by atoms with E-state index < -0.39 is 11.7 Å². The average Bonchev–Trinajstić information content (AvgIpc) is 2.94. The molecular formula is C21H22FN3O2. The first kappa shape index (κ1) is 18.8. The lowest BCUT2D eigenvalue weighted by Crippen LogP contribution is -2.32. The lowest BCUT2D eigenvalue weighted by atomic mass is 10.1. The molecule has 0 aliphatic carbocycles. The van der Waals surface area contributed by atoms with Crippen molar-refractivity contribution in [1.29, 1.82) is 0 Å². The quantitative estimate of drug-likeness (QED) is 0.596. The molecule has 140 valence electrons. The number of carbonyl (C=O) groups excluding carboxylic acids is 2. The molecule has 27 heavy (non-hydrogen) atoms. The number of benzene rings is 2. The first-order chi connectivity index (χ1) is 13.1. The van der Waals surface area contributed by atoms with E-state index in [1.54, 1.807) is 41.3 Å². The fraction of sp³-hybridized carbons (Fsp3) is 0.286. The van der Waals surface area contributed by atoms with E-state index in [4.69, 9.17) is 0 Å². The molecule has 0 radical (unpaired) electrons. The number of hydrogen-bond donors (Lipinski definition) is 1. The second-order valence-electron chi connectivity index (χ2n) is 6.45. The van der Waals surface area contributed by atoms with E-state index in [0.29, 0.717) is 23.4 Å². The summed E-state index contributed by atoms with van der Waals surface area (Å²) in [7, 11) is 0. The van der Waals surface area contributed by atoms with Crippen molar-refractivity contribution < 1.29 is 14.0 Å². The van der Waals surface area contributed by atoms with Gasteiger partial charge in [0.25, 0.3) is 11.8 Å². The molecule has 0 bridgehead atoms. The van der Waals surface area contributed by atoms with E-state index in [2.05, 4.69) is 17.5 Å². The van der Waals surface area contributed by atoms with Crippen LogP contribution >= 0.6 is 0 Å². The summed E-state index contributed by atoms with van der Waals surface area (Å²) < 4.78 is 13.7. The van der Waals surface area contributed by atoms with Gasteiger partial charge >= 0.3 is 0 Å². The maximum atomic E-state index is 13.7. The first-order valence-electron chi connectivity index (χ1n) is 9.16. The van der Waals surface area contributed by atoms with Gasteiger partial charge in [-0.05, 0) is 36.8 Å². The number of hydrogen-bond acceptors (Lipinski definition) is 3. The Morgan fingerprint density at radius 3 is 2.63 bits per heavy atom. The van der Waals surface area contributed by atoms with Crippen LogP contribution in [0.1, 0.15) is 48.5 Å². The van der Waals surface area contributed by atoms with Crippen LogP contribution in [0.25, 0.3) is 0 Å². The SMILES string of the molecule is CCCCCCN1C(=O)/C(=N\NC(=O)c2ccccc2)c2cc(F)ccc21. The van der Waals surface area contributed by atoms with Gasteiger partial charge in [0.15, 0.2) is 5.71 Å².